The number of aromatic nitrogens is 5. The largest absolute Gasteiger partial charge is 0.474 e. The Morgan fingerprint density at radius 1 is 1.43 bits per heavy atom. The van der Waals surface area contributed by atoms with Crippen molar-refractivity contribution >= 4 is 5.82 Å². The highest BCUT2D eigenvalue weighted by atomic mass is 16.5. The van der Waals surface area contributed by atoms with Gasteiger partial charge in [0, 0.05) is 12.5 Å². The molecule has 3 heterocycles. The Labute approximate surface area is 122 Å². The van der Waals surface area contributed by atoms with Crippen molar-refractivity contribution < 1.29 is 9.84 Å². The van der Waals surface area contributed by atoms with Gasteiger partial charge in [0.2, 0.25) is 5.88 Å². The first-order valence-corrected chi connectivity index (χ1v) is 6.97. The molecule has 0 spiro atoms. The van der Waals surface area contributed by atoms with Crippen LogP contribution < -0.4 is 10.1 Å². The maximum atomic E-state index is 8.75. The number of aliphatic hydroxyl groups excluding tert-OH is 1. The molecule has 0 bridgehead atoms. The Kier molecular flexibility index (Phi) is 3.96. The highest BCUT2D eigenvalue weighted by Gasteiger charge is 2.21. The van der Waals surface area contributed by atoms with E-state index in [0.29, 0.717) is 11.7 Å². The van der Waals surface area contributed by atoms with Crippen LogP contribution in [-0.4, -0.2) is 49.1 Å². The smallest absolute Gasteiger partial charge is 0.234 e. The van der Waals surface area contributed by atoms with Crippen LogP contribution in [0.4, 0.5) is 5.82 Å². The molecule has 2 aromatic rings. The van der Waals surface area contributed by atoms with Crippen LogP contribution >= 0.6 is 0 Å². The molecular weight excluding hydrogens is 272 g/mol. The van der Waals surface area contributed by atoms with E-state index in [1.165, 1.54) is 6.20 Å². The van der Waals surface area contributed by atoms with Crippen LogP contribution in [0, 0.1) is 6.92 Å². The number of aliphatic hydroxyl groups is 1. The number of nitrogens with one attached hydrogen (secondary N) is 1. The molecule has 0 aromatic carbocycles. The van der Waals surface area contributed by atoms with E-state index >= 15 is 0 Å². The molecule has 0 saturated heterocycles. The van der Waals surface area contributed by atoms with Crippen LogP contribution in [0.25, 0.3) is 0 Å². The van der Waals surface area contributed by atoms with Crippen LogP contribution in [-0.2, 0) is 13.0 Å². The van der Waals surface area contributed by atoms with Gasteiger partial charge in [0.15, 0.2) is 0 Å². The molecule has 0 amide bonds. The Morgan fingerprint density at radius 3 is 3.19 bits per heavy atom. The fourth-order valence-corrected chi connectivity index (χ4v) is 2.40. The highest BCUT2D eigenvalue weighted by molar-refractivity contribution is 5.34. The molecule has 0 saturated carbocycles. The molecule has 2 aromatic heterocycles. The van der Waals surface area contributed by atoms with Gasteiger partial charge in [0.05, 0.1) is 25.5 Å². The van der Waals surface area contributed by atoms with E-state index < -0.39 is 0 Å². The summed E-state index contributed by atoms with van der Waals surface area (Å²) < 4.78 is 7.19. The summed E-state index contributed by atoms with van der Waals surface area (Å²) in [5.74, 6) is 2.92. The molecule has 1 atom stereocenters. The number of rotatable bonds is 5. The average molecular weight is 290 g/mol. The molecule has 1 unspecified atom stereocenters. The van der Waals surface area contributed by atoms with E-state index in [4.69, 9.17) is 9.84 Å². The Bertz CT molecular complexity index is 614. The molecular formula is C13H18N6O2. The lowest BCUT2D eigenvalue weighted by atomic mass is 10.1. The van der Waals surface area contributed by atoms with Gasteiger partial charge in [-0.05, 0) is 13.3 Å². The summed E-state index contributed by atoms with van der Waals surface area (Å²) in [6.45, 7) is 2.83. The Balaban J connectivity index is 1.64. The summed E-state index contributed by atoms with van der Waals surface area (Å²) in [6.07, 6.45) is 5.06. The molecule has 1 aliphatic rings. The lowest BCUT2D eigenvalue weighted by molar-refractivity contribution is 0.196. The zero-order valence-corrected chi connectivity index (χ0v) is 11.9. The number of fused-ring (bicyclic) bond motifs is 1. The fourth-order valence-electron chi connectivity index (χ4n) is 2.40. The van der Waals surface area contributed by atoms with Crippen LogP contribution in [0.15, 0.2) is 12.4 Å². The average Bonchev–Trinajstić information content (AvgIpc) is 2.85. The van der Waals surface area contributed by atoms with Crippen LogP contribution in [0.5, 0.6) is 5.88 Å². The first-order valence-electron chi connectivity index (χ1n) is 6.97. The molecule has 112 valence electrons. The normalized spacial score (nSPS) is 17.3. The predicted octanol–water partition coefficient (Wildman–Crippen LogP) is 0.175. The number of anilines is 1. The Hall–Kier alpha value is -2.22. The first kappa shape index (κ1) is 13.7. The van der Waals surface area contributed by atoms with E-state index in [1.807, 2.05) is 11.6 Å². The van der Waals surface area contributed by atoms with E-state index in [0.717, 1.165) is 31.0 Å². The van der Waals surface area contributed by atoms with Crippen molar-refractivity contribution in [1.82, 2.24) is 24.7 Å². The molecule has 8 heteroatoms. The minimum absolute atomic E-state index is 0.0453. The van der Waals surface area contributed by atoms with Crippen molar-refractivity contribution in [2.75, 3.05) is 18.5 Å². The maximum absolute atomic E-state index is 8.75. The van der Waals surface area contributed by atoms with E-state index in [2.05, 4.69) is 25.4 Å². The molecule has 8 nitrogen and oxygen atoms in total. The molecule has 0 radical (unpaired) electrons. The quantitative estimate of drug-likeness (QED) is 0.810. The standard InChI is InChI=1S/C13H18N6O2/c1-9-15-12-3-2-10(8-19(12)18-9)16-11-6-14-7-13(17-11)21-5-4-20/h6-7,10,20H,2-5,8H2,1H3,(H,16,17). The topological polar surface area (TPSA) is 98.0 Å². The van der Waals surface area contributed by atoms with Gasteiger partial charge >= 0.3 is 0 Å². The number of aryl methyl sites for hydroxylation is 2. The van der Waals surface area contributed by atoms with Gasteiger partial charge in [-0.2, -0.15) is 10.1 Å². The van der Waals surface area contributed by atoms with Gasteiger partial charge < -0.3 is 15.2 Å². The zero-order valence-electron chi connectivity index (χ0n) is 11.9. The summed E-state index contributed by atoms with van der Waals surface area (Å²) in [6, 6.07) is 0.237. The number of ether oxygens (including phenoxy) is 1. The van der Waals surface area contributed by atoms with Crippen molar-refractivity contribution in [2.45, 2.75) is 32.4 Å². The van der Waals surface area contributed by atoms with Gasteiger partial charge in [-0.25, -0.2) is 9.67 Å². The van der Waals surface area contributed by atoms with Gasteiger partial charge in [-0.1, -0.05) is 0 Å². The number of nitrogens with zero attached hydrogens (tertiary/aromatic N) is 5. The van der Waals surface area contributed by atoms with Crippen molar-refractivity contribution in [2.24, 2.45) is 0 Å². The summed E-state index contributed by atoms with van der Waals surface area (Å²) in [5, 5.41) is 16.5. The molecule has 0 aliphatic carbocycles. The molecule has 1 aliphatic heterocycles. The van der Waals surface area contributed by atoms with Crippen LogP contribution in [0.3, 0.4) is 0 Å². The number of hydrogen-bond acceptors (Lipinski definition) is 7. The molecule has 0 fully saturated rings. The van der Waals surface area contributed by atoms with Crippen molar-refractivity contribution in [3.63, 3.8) is 0 Å². The van der Waals surface area contributed by atoms with Crippen LogP contribution in [0.1, 0.15) is 18.1 Å². The van der Waals surface area contributed by atoms with Crippen molar-refractivity contribution in [3.8, 4) is 5.88 Å². The fraction of sp³-hybridized carbons (Fsp3) is 0.538. The lowest BCUT2D eigenvalue weighted by Crippen LogP contribution is -2.32. The first-order chi connectivity index (χ1) is 10.2. The summed E-state index contributed by atoms with van der Waals surface area (Å²) in [5.41, 5.74) is 0. The van der Waals surface area contributed by atoms with Crippen molar-refractivity contribution in [1.29, 1.82) is 0 Å². The van der Waals surface area contributed by atoms with Crippen molar-refractivity contribution in [3.05, 3.63) is 24.0 Å². The zero-order chi connectivity index (χ0) is 14.7. The second-order valence-corrected chi connectivity index (χ2v) is 4.95. The van der Waals surface area contributed by atoms with Gasteiger partial charge in [0.1, 0.15) is 24.1 Å². The second-order valence-electron chi connectivity index (χ2n) is 4.95. The molecule has 21 heavy (non-hydrogen) atoms. The number of hydrogen-bond donors (Lipinski definition) is 2. The minimum atomic E-state index is -0.0453. The molecule has 3 rings (SSSR count). The maximum Gasteiger partial charge on any atom is 0.234 e. The predicted molar refractivity (Wildman–Crippen MR) is 75.1 cm³/mol. The van der Waals surface area contributed by atoms with Crippen LogP contribution in [0.2, 0.25) is 0 Å². The van der Waals surface area contributed by atoms with Gasteiger partial charge in [-0.15, -0.1) is 0 Å². The second kappa shape index (κ2) is 6.04. The third-order valence-corrected chi connectivity index (χ3v) is 3.27. The Morgan fingerprint density at radius 2 is 2.33 bits per heavy atom. The summed E-state index contributed by atoms with van der Waals surface area (Å²) >= 11 is 0. The third kappa shape index (κ3) is 3.27. The monoisotopic (exact) mass is 290 g/mol. The SMILES string of the molecule is Cc1nc2n(n1)CC(Nc1cncc(OCCO)n1)CC2. The van der Waals surface area contributed by atoms with E-state index in [-0.39, 0.29) is 19.3 Å². The lowest BCUT2D eigenvalue weighted by Gasteiger charge is -2.23. The molecule has 2 N–H and O–H groups in total. The van der Waals surface area contributed by atoms with E-state index in [1.54, 1.807) is 6.20 Å². The summed E-state index contributed by atoms with van der Waals surface area (Å²) in [4.78, 5) is 12.8. The van der Waals surface area contributed by atoms with Gasteiger partial charge in [0.25, 0.3) is 0 Å². The third-order valence-electron chi connectivity index (χ3n) is 3.27. The summed E-state index contributed by atoms with van der Waals surface area (Å²) in [7, 11) is 0. The van der Waals surface area contributed by atoms with E-state index in [9.17, 15) is 0 Å². The van der Waals surface area contributed by atoms with Gasteiger partial charge in [-0.3, -0.25) is 4.98 Å². The minimum Gasteiger partial charge on any atom is -0.474 e. The highest BCUT2D eigenvalue weighted by Crippen LogP contribution is 2.17.